The number of hydrogen-bond donors (Lipinski definition) is 1. The monoisotopic (exact) mass is 468 g/mol. The molecule has 0 fully saturated rings. The molecule has 0 saturated heterocycles. The van der Waals surface area contributed by atoms with Gasteiger partial charge in [-0.15, -0.1) is 45.5 Å². The van der Waals surface area contributed by atoms with Crippen LogP contribution in [-0.2, 0) is 19.5 Å². The van der Waals surface area contributed by atoms with Gasteiger partial charge in [-0.2, -0.15) is 0 Å². The fourth-order valence-corrected chi connectivity index (χ4v) is 3.30. The first-order chi connectivity index (χ1) is 10.6. The Morgan fingerprint density at radius 3 is 2.87 bits per heavy atom. The Bertz CT molecular complexity index is 626. The Balaban J connectivity index is 0.00000264. The summed E-state index contributed by atoms with van der Waals surface area (Å²) >= 11 is 7.56. The summed E-state index contributed by atoms with van der Waals surface area (Å²) in [5, 5.41) is 11.4. The molecule has 9 heteroatoms. The number of nitrogens with one attached hydrogen (secondary N) is 1. The Labute approximate surface area is 163 Å². The van der Waals surface area contributed by atoms with Crippen molar-refractivity contribution in [2.45, 2.75) is 26.4 Å². The lowest BCUT2D eigenvalue weighted by atomic mass is 10.4. The maximum Gasteiger partial charge on any atom is 0.193 e. The van der Waals surface area contributed by atoms with Gasteiger partial charge in [0.1, 0.15) is 12.2 Å². The van der Waals surface area contributed by atoms with E-state index in [2.05, 4.69) is 36.9 Å². The highest BCUT2D eigenvalue weighted by Gasteiger charge is 2.08. The Morgan fingerprint density at radius 2 is 2.26 bits per heavy atom. The average molecular weight is 469 g/mol. The summed E-state index contributed by atoms with van der Waals surface area (Å²) < 4.78 is 2.87. The van der Waals surface area contributed by atoms with E-state index in [9.17, 15) is 0 Å². The first-order valence-corrected chi connectivity index (χ1v) is 8.36. The lowest BCUT2D eigenvalue weighted by molar-refractivity contribution is 0.477. The van der Waals surface area contributed by atoms with Crippen molar-refractivity contribution in [1.29, 1.82) is 0 Å². The van der Waals surface area contributed by atoms with Crippen molar-refractivity contribution in [3.8, 4) is 0 Å². The fourth-order valence-electron chi connectivity index (χ4n) is 2.16. The van der Waals surface area contributed by atoms with Crippen molar-refractivity contribution < 1.29 is 0 Å². The van der Waals surface area contributed by atoms with Crippen LogP contribution in [0.2, 0.25) is 4.34 Å². The lowest BCUT2D eigenvalue weighted by Crippen LogP contribution is -2.39. The van der Waals surface area contributed by atoms with Gasteiger partial charge in [-0.05, 0) is 12.1 Å². The minimum Gasteiger partial charge on any atom is -0.354 e. The Kier molecular flexibility index (Phi) is 8.85. The largest absolute Gasteiger partial charge is 0.354 e. The number of guanidine groups is 1. The van der Waals surface area contributed by atoms with Crippen molar-refractivity contribution in [2.75, 3.05) is 20.6 Å². The van der Waals surface area contributed by atoms with Gasteiger partial charge in [0, 0.05) is 38.5 Å². The second-order valence-electron chi connectivity index (χ2n) is 4.83. The molecule has 0 unspecified atom stereocenters. The molecular formula is C14H22ClIN6S. The quantitative estimate of drug-likeness (QED) is 0.402. The van der Waals surface area contributed by atoms with Crippen molar-refractivity contribution >= 4 is 52.9 Å². The van der Waals surface area contributed by atoms with Crippen LogP contribution < -0.4 is 5.32 Å². The van der Waals surface area contributed by atoms with Gasteiger partial charge in [-0.3, -0.25) is 4.99 Å². The van der Waals surface area contributed by atoms with Gasteiger partial charge in [0.25, 0.3) is 0 Å². The molecule has 6 nitrogen and oxygen atoms in total. The van der Waals surface area contributed by atoms with Gasteiger partial charge in [0.05, 0.1) is 10.9 Å². The van der Waals surface area contributed by atoms with Gasteiger partial charge in [-0.25, -0.2) is 0 Å². The van der Waals surface area contributed by atoms with E-state index in [0.29, 0.717) is 0 Å². The maximum atomic E-state index is 5.97. The smallest absolute Gasteiger partial charge is 0.193 e. The lowest BCUT2D eigenvalue weighted by Gasteiger charge is -2.21. The number of halogens is 2. The number of hydrogen-bond acceptors (Lipinski definition) is 4. The standard InChI is InChI=1S/C14H21ClN6S.HI/c1-4-13-19-18-10-21(13)8-7-17-14(16-2)20(3)9-11-5-6-12(15)22-11;/h5-6,10H,4,7-9H2,1-3H3,(H,16,17);1H. The minimum absolute atomic E-state index is 0. The SMILES string of the molecule is CCc1nncn1CCNC(=NC)N(C)Cc1ccc(Cl)s1.I. The third kappa shape index (κ3) is 5.92. The molecular weight excluding hydrogens is 447 g/mol. The predicted octanol–water partition coefficient (Wildman–Crippen LogP) is 2.88. The van der Waals surface area contributed by atoms with Crippen LogP contribution in [0.3, 0.4) is 0 Å². The molecule has 2 heterocycles. The van der Waals surface area contributed by atoms with Crippen LogP contribution in [0, 0.1) is 0 Å². The third-order valence-corrected chi connectivity index (χ3v) is 4.46. The van der Waals surface area contributed by atoms with Crippen LogP contribution in [0.25, 0.3) is 0 Å². The molecule has 0 aliphatic carbocycles. The molecule has 2 rings (SSSR count). The first kappa shape index (κ1) is 20.2. The van der Waals surface area contributed by atoms with E-state index in [0.717, 1.165) is 42.2 Å². The van der Waals surface area contributed by atoms with Crippen LogP contribution in [-0.4, -0.2) is 46.3 Å². The van der Waals surface area contributed by atoms with Crippen LogP contribution in [0.15, 0.2) is 23.5 Å². The summed E-state index contributed by atoms with van der Waals surface area (Å²) in [5.41, 5.74) is 0. The van der Waals surface area contributed by atoms with Crippen molar-refractivity contribution in [2.24, 2.45) is 4.99 Å². The molecule has 128 valence electrons. The average Bonchev–Trinajstić information content (AvgIpc) is 3.12. The summed E-state index contributed by atoms with van der Waals surface area (Å²) in [5.74, 6) is 1.86. The van der Waals surface area contributed by atoms with Crippen LogP contribution >= 0.6 is 46.9 Å². The van der Waals surface area contributed by atoms with E-state index in [1.54, 1.807) is 24.7 Å². The molecule has 0 aliphatic rings. The number of aliphatic imine (C=N–C) groups is 1. The predicted molar refractivity (Wildman–Crippen MR) is 107 cm³/mol. The molecule has 0 bridgehead atoms. The molecule has 0 aromatic carbocycles. The van der Waals surface area contributed by atoms with E-state index in [1.807, 2.05) is 19.2 Å². The summed E-state index contributed by atoms with van der Waals surface area (Å²) in [6.07, 6.45) is 2.65. The second-order valence-corrected chi connectivity index (χ2v) is 6.63. The van der Waals surface area contributed by atoms with Crippen molar-refractivity contribution in [1.82, 2.24) is 25.0 Å². The molecule has 0 amide bonds. The second kappa shape index (κ2) is 10.1. The zero-order valence-corrected chi connectivity index (χ0v) is 17.4. The molecule has 0 atom stereocenters. The summed E-state index contributed by atoms with van der Waals surface area (Å²) in [4.78, 5) is 7.60. The van der Waals surface area contributed by atoms with Gasteiger partial charge in [0.15, 0.2) is 5.96 Å². The van der Waals surface area contributed by atoms with E-state index >= 15 is 0 Å². The van der Waals surface area contributed by atoms with Gasteiger partial charge in [0.2, 0.25) is 0 Å². The zero-order valence-electron chi connectivity index (χ0n) is 13.5. The summed E-state index contributed by atoms with van der Waals surface area (Å²) in [6, 6.07) is 3.96. The van der Waals surface area contributed by atoms with E-state index in [-0.39, 0.29) is 24.0 Å². The van der Waals surface area contributed by atoms with Crippen molar-refractivity contribution in [3.63, 3.8) is 0 Å². The van der Waals surface area contributed by atoms with Crippen LogP contribution in [0.1, 0.15) is 17.6 Å². The molecule has 0 spiro atoms. The molecule has 2 aromatic rings. The molecule has 0 radical (unpaired) electrons. The number of thiophene rings is 1. The molecule has 0 aliphatic heterocycles. The molecule has 2 aromatic heterocycles. The number of nitrogens with zero attached hydrogens (tertiary/aromatic N) is 5. The van der Waals surface area contributed by atoms with Crippen LogP contribution in [0.4, 0.5) is 0 Å². The van der Waals surface area contributed by atoms with Gasteiger partial charge < -0.3 is 14.8 Å². The van der Waals surface area contributed by atoms with Crippen LogP contribution in [0.5, 0.6) is 0 Å². The highest BCUT2D eigenvalue weighted by atomic mass is 127. The Hall–Kier alpha value is -0.870. The van der Waals surface area contributed by atoms with Gasteiger partial charge in [-0.1, -0.05) is 18.5 Å². The fraction of sp³-hybridized carbons (Fsp3) is 0.500. The highest BCUT2D eigenvalue weighted by Crippen LogP contribution is 2.22. The third-order valence-electron chi connectivity index (χ3n) is 3.24. The summed E-state index contributed by atoms with van der Waals surface area (Å²) in [6.45, 7) is 4.44. The van der Waals surface area contributed by atoms with Crippen molar-refractivity contribution in [3.05, 3.63) is 33.5 Å². The summed E-state index contributed by atoms with van der Waals surface area (Å²) in [7, 11) is 3.80. The van der Waals surface area contributed by atoms with E-state index in [1.165, 1.54) is 4.88 Å². The normalized spacial score (nSPS) is 11.2. The highest BCUT2D eigenvalue weighted by molar-refractivity contribution is 14.0. The molecule has 1 N–H and O–H groups in total. The minimum atomic E-state index is 0. The van der Waals surface area contributed by atoms with Gasteiger partial charge >= 0.3 is 0 Å². The molecule has 23 heavy (non-hydrogen) atoms. The number of aromatic nitrogens is 3. The zero-order chi connectivity index (χ0) is 15.9. The first-order valence-electron chi connectivity index (χ1n) is 7.16. The molecule has 0 saturated carbocycles. The maximum absolute atomic E-state index is 5.97. The Morgan fingerprint density at radius 1 is 1.48 bits per heavy atom. The van der Waals surface area contributed by atoms with E-state index in [4.69, 9.17) is 11.6 Å². The topological polar surface area (TPSA) is 58.3 Å². The number of rotatable bonds is 6. The number of aryl methyl sites for hydroxylation is 1. The van der Waals surface area contributed by atoms with E-state index < -0.39 is 0 Å².